The van der Waals surface area contributed by atoms with Crippen molar-refractivity contribution in [3.63, 3.8) is 0 Å². The summed E-state index contributed by atoms with van der Waals surface area (Å²) in [5, 5.41) is 1.40. The van der Waals surface area contributed by atoms with E-state index < -0.39 is 0 Å². The molecule has 1 aromatic heterocycles. The van der Waals surface area contributed by atoms with Crippen LogP contribution in [-0.2, 0) is 18.7 Å². The van der Waals surface area contributed by atoms with Crippen LogP contribution in [0.5, 0.6) is 0 Å². The second-order valence-corrected chi connectivity index (χ2v) is 5.37. The second kappa shape index (κ2) is 5.95. The summed E-state index contributed by atoms with van der Waals surface area (Å²) in [7, 11) is 1.90. The van der Waals surface area contributed by atoms with Gasteiger partial charge in [0.15, 0.2) is 5.16 Å². The quantitative estimate of drug-likeness (QED) is 0.621. The van der Waals surface area contributed by atoms with E-state index in [1.54, 1.807) is 12.3 Å². The number of aromatic nitrogens is 2. The highest BCUT2D eigenvalue weighted by Gasteiger charge is 2.08. The van der Waals surface area contributed by atoms with Gasteiger partial charge in [-0.15, -0.1) is 11.6 Å². The minimum absolute atomic E-state index is 0.281. The van der Waals surface area contributed by atoms with Gasteiger partial charge in [-0.2, -0.15) is 0 Å². The van der Waals surface area contributed by atoms with E-state index in [-0.39, 0.29) is 5.82 Å². The maximum atomic E-state index is 13.1. The van der Waals surface area contributed by atoms with E-state index in [0.29, 0.717) is 16.7 Å². The van der Waals surface area contributed by atoms with Crippen molar-refractivity contribution in [2.45, 2.75) is 16.8 Å². The van der Waals surface area contributed by atoms with Crippen molar-refractivity contribution in [2.75, 3.05) is 0 Å². The molecule has 2 aromatic rings. The van der Waals surface area contributed by atoms with Crippen LogP contribution < -0.4 is 0 Å². The van der Waals surface area contributed by atoms with E-state index in [2.05, 4.69) is 4.98 Å². The Bertz CT molecular complexity index is 557. The largest absolute Gasteiger partial charge is 0.325 e. The number of thioether (sulfide) groups is 1. The highest BCUT2D eigenvalue weighted by atomic mass is 35.5. The molecule has 0 unspecified atom stereocenters. The Hall–Kier alpha value is -0.710. The minimum atomic E-state index is -0.281. The molecule has 0 N–H and O–H groups in total. The normalized spacial score (nSPS) is 10.9. The van der Waals surface area contributed by atoms with Crippen LogP contribution in [0.4, 0.5) is 4.39 Å². The lowest BCUT2D eigenvalue weighted by molar-refractivity contribution is 0.626. The van der Waals surface area contributed by atoms with Crippen LogP contribution in [-0.4, -0.2) is 9.55 Å². The average Bonchev–Trinajstić information content (AvgIpc) is 2.71. The highest BCUT2D eigenvalue weighted by Crippen LogP contribution is 2.27. The van der Waals surface area contributed by atoms with Crippen molar-refractivity contribution >= 4 is 35.0 Å². The molecular weight excluding hydrogens is 294 g/mol. The van der Waals surface area contributed by atoms with E-state index in [1.165, 1.54) is 23.9 Å². The lowest BCUT2D eigenvalue weighted by Crippen LogP contribution is -1.96. The Kier molecular flexibility index (Phi) is 4.54. The lowest BCUT2D eigenvalue weighted by atomic mass is 10.2. The topological polar surface area (TPSA) is 17.8 Å². The van der Waals surface area contributed by atoms with Gasteiger partial charge in [0.2, 0.25) is 0 Å². The summed E-state index contributed by atoms with van der Waals surface area (Å²) >= 11 is 13.3. The predicted octanol–water partition coefficient (Wildman–Crippen LogP) is 4.24. The van der Waals surface area contributed by atoms with Gasteiger partial charge in [-0.1, -0.05) is 23.4 Å². The monoisotopic (exact) mass is 304 g/mol. The van der Waals surface area contributed by atoms with Crippen molar-refractivity contribution in [3.05, 3.63) is 46.5 Å². The number of alkyl halides is 1. The number of rotatable bonds is 4. The molecule has 0 aliphatic heterocycles. The predicted molar refractivity (Wildman–Crippen MR) is 73.7 cm³/mol. The zero-order chi connectivity index (χ0) is 13.1. The number of halogens is 3. The van der Waals surface area contributed by atoms with Gasteiger partial charge in [-0.05, 0) is 23.8 Å². The van der Waals surface area contributed by atoms with Crippen LogP contribution in [0.25, 0.3) is 0 Å². The molecule has 2 rings (SSSR count). The van der Waals surface area contributed by atoms with Gasteiger partial charge in [-0.25, -0.2) is 9.37 Å². The van der Waals surface area contributed by atoms with E-state index in [1.807, 2.05) is 11.6 Å². The summed E-state index contributed by atoms with van der Waals surface area (Å²) in [5.41, 5.74) is 1.71. The zero-order valence-electron chi connectivity index (χ0n) is 9.66. The molecule has 0 saturated carbocycles. The van der Waals surface area contributed by atoms with Gasteiger partial charge in [0, 0.05) is 17.8 Å². The van der Waals surface area contributed by atoms with Crippen molar-refractivity contribution in [2.24, 2.45) is 7.05 Å². The Labute approximate surface area is 119 Å². The first kappa shape index (κ1) is 13.7. The average molecular weight is 305 g/mol. The summed E-state index contributed by atoms with van der Waals surface area (Å²) in [5.74, 6) is 0.713. The molecular formula is C12H11Cl2FN2S. The molecule has 0 atom stereocenters. The molecule has 0 saturated heterocycles. The van der Waals surface area contributed by atoms with Gasteiger partial charge in [-0.3, -0.25) is 0 Å². The first-order valence-electron chi connectivity index (χ1n) is 5.25. The van der Waals surface area contributed by atoms with Crippen molar-refractivity contribution in [1.29, 1.82) is 0 Å². The van der Waals surface area contributed by atoms with Crippen LogP contribution in [0.15, 0.2) is 29.6 Å². The molecule has 0 aliphatic carbocycles. The Morgan fingerprint density at radius 3 is 2.89 bits per heavy atom. The van der Waals surface area contributed by atoms with Crippen molar-refractivity contribution in [3.8, 4) is 0 Å². The molecule has 1 heterocycles. The van der Waals surface area contributed by atoms with Gasteiger partial charge < -0.3 is 4.57 Å². The molecule has 96 valence electrons. The molecule has 0 radical (unpaired) electrons. The fourth-order valence-corrected chi connectivity index (χ4v) is 2.95. The molecule has 18 heavy (non-hydrogen) atoms. The number of nitrogens with zero attached hydrogens (tertiary/aromatic N) is 2. The molecule has 0 fully saturated rings. The summed E-state index contributed by atoms with van der Waals surface area (Å²) in [4.78, 5) is 4.26. The molecule has 0 aliphatic rings. The number of benzene rings is 1. The van der Waals surface area contributed by atoms with Crippen molar-refractivity contribution in [1.82, 2.24) is 9.55 Å². The first-order chi connectivity index (χ1) is 8.61. The van der Waals surface area contributed by atoms with Crippen molar-refractivity contribution < 1.29 is 4.39 Å². The van der Waals surface area contributed by atoms with E-state index in [0.717, 1.165) is 16.4 Å². The van der Waals surface area contributed by atoms with Gasteiger partial charge >= 0.3 is 0 Å². The van der Waals surface area contributed by atoms with Crippen LogP contribution in [0.2, 0.25) is 5.02 Å². The minimum Gasteiger partial charge on any atom is -0.325 e. The smallest absolute Gasteiger partial charge is 0.168 e. The third-order valence-corrected chi connectivity index (χ3v) is 4.28. The van der Waals surface area contributed by atoms with Crippen LogP contribution in [0.3, 0.4) is 0 Å². The third kappa shape index (κ3) is 2.99. The second-order valence-electron chi connectivity index (χ2n) is 3.75. The molecule has 0 bridgehead atoms. The summed E-state index contributed by atoms with van der Waals surface area (Å²) in [6.07, 6.45) is 1.74. The van der Waals surface area contributed by atoms with Crippen LogP contribution in [0, 0.1) is 5.82 Å². The maximum Gasteiger partial charge on any atom is 0.168 e. The van der Waals surface area contributed by atoms with E-state index in [4.69, 9.17) is 23.2 Å². The molecule has 6 heteroatoms. The van der Waals surface area contributed by atoms with Crippen LogP contribution in [0.1, 0.15) is 11.3 Å². The maximum absolute atomic E-state index is 13.1. The number of hydrogen-bond acceptors (Lipinski definition) is 2. The summed E-state index contributed by atoms with van der Waals surface area (Å²) in [6.45, 7) is 0. The summed E-state index contributed by atoms with van der Waals surface area (Å²) in [6, 6.07) is 4.36. The summed E-state index contributed by atoms with van der Waals surface area (Å²) < 4.78 is 15.0. The van der Waals surface area contributed by atoms with Gasteiger partial charge in [0.05, 0.1) is 17.8 Å². The first-order valence-corrected chi connectivity index (χ1v) is 7.15. The third-order valence-electron chi connectivity index (χ3n) is 2.54. The Morgan fingerprint density at radius 2 is 2.22 bits per heavy atom. The van der Waals surface area contributed by atoms with E-state index in [9.17, 15) is 4.39 Å². The Morgan fingerprint density at radius 1 is 1.44 bits per heavy atom. The molecule has 0 amide bonds. The lowest BCUT2D eigenvalue weighted by Gasteiger charge is -2.05. The van der Waals surface area contributed by atoms with E-state index >= 15 is 0 Å². The zero-order valence-corrected chi connectivity index (χ0v) is 12.0. The highest BCUT2D eigenvalue weighted by molar-refractivity contribution is 7.98. The van der Waals surface area contributed by atoms with Gasteiger partial charge in [0.25, 0.3) is 0 Å². The molecule has 1 aromatic carbocycles. The van der Waals surface area contributed by atoms with Crippen LogP contribution >= 0.6 is 35.0 Å². The molecule has 2 nitrogen and oxygen atoms in total. The van der Waals surface area contributed by atoms with Gasteiger partial charge in [0.1, 0.15) is 5.82 Å². The SMILES string of the molecule is Cn1c(CCl)cnc1SCc1cc(F)ccc1Cl. The Balaban J connectivity index is 2.11. The molecule has 0 spiro atoms. The standard InChI is InChI=1S/C12H11Cl2FN2S/c1-17-10(5-13)6-16-12(17)18-7-8-4-9(15)2-3-11(8)14/h2-4,6H,5,7H2,1H3. The number of hydrogen-bond donors (Lipinski definition) is 0. The fraction of sp³-hybridized carbons (Fsp3) is 0.250. The number of imidazole rings is 1. The fourth-order valence-electron chi connectivity index (χ4n) is 1.48.